The van der Waals surface area contributed by atoms with E-state index in [0.29, 0.717) is 6.04 Å². The molecule has 1 aliphatic rings. The number of thiophene rings is 1. The van der Waals surface area contributed by atoms with Gasteiger partial charge in [0.2, 0.25) is 5.91 Å². The van der Waals surface area contributed by atoms with E-state index in [-0.39, 0.29) is 18.0 Å². The van der Waals surface area contributed by atoms with Crippen molar-refractivity contribution in [3.63, 3.8) is 0 Å². The highest BCUT2D eigenvalue weighted by molar-refractivity contribution is 7.10. The van der Waals surface area contributed by atoms with Gasteiger partial charge in [0.05, 0.1) is 12.1 Å². The largest absolute Gasteiger partial charge is 0.352 e. The first-order valence-electron chi connectivity index (χ1n) is 9.36. The Bertz CT molecular complexity index is 662. The summed E-state index contributed by atoms with van der Waals surface area (Å²) in [5, 5.41) is 8.71. The lowest BCUT2D eigenvalue weighted by Crippen LogP contribution is -2.44. The number of amides is 1. The quantitative estimate of drug-likeness (QED) is 0.697. The van der Waals surface area contributed by atoms with Gasteiger partial charge >= 0.3 is 0 Å². The smallest absolute Gasteiger partial charge is 0.237 e. The minimum absolute atomic E-state index is 0.0557. The Kier molecular flexibility index (Phi) is 6.27. The predicted molar refractivity (Wildman–Crippen MR) is 105 cm³/mol. The van der Waals surface area contributed by atoms with Crippen molar-refractivity contribution in [2.75, 3.05) is 0 Å². The SMILES string of the molecule is CCCCc1ccc([C@@H](N[C@@H](C)C(=O)NC2CC2)c2cccs2)cc1. The van der Waals surface area contributed by atoms with E-state index in [1.54, 1.807) is 11.3 Å². The number of rotatable bonds is 9. The molecule has 1 saturated carbocycles. The van der Waals surface area contributed by atoms with Crippen molar-refractivity contribution < 1.29 is 4.79 Å². The average Bonchev–Trinajstić information content (AvgIpc) is 3.27. The third-order valence-corrected chi connectivity index (χ3v) is 5.63. The molecule has 0 unspecified atom stereocenters. The van der Waals surface area contributed by atoms with E-state index in [0.717, 1.165) is 19.3 Å². The van der Waals surface area contributed by atoms with Crippen molar-refractivity contribution in [3.05, 3.63) is 57.8 Å². The maximum absolute atomic E-state index is 12.3. The molecular formula is C21H28N2OS. The van der Waals surface area contributed by atoms with E-state index < -0.39 is 0 Å². The van der Waals surface area contributed by atoms with Crippen LogP contribution in [0.2, 0.25) is 0 Å². The Balaban J connectivity index is 1.72. The van der Waals surface area contributed by atoms with E-state index in [2.05, 4.69) is 59.3 Å². The number of hydrogen-bond donors (Lipinski definition) is 2. The van der Waals surface area contributed by atoms with Crippen LogP contribution in [0.25, 0.3) is 0 Å². The molecule has 3 rings (SSSR count). The minimum atomic E-state index is -0.215. The lowest BCUT2D eigenvalue weighted by molar-refractivity contribution is -0.123. The average molecular weight is 357 g/mol. The Labute approximate surface area is 154 Å². The van der Waals surface area contributed by atoms with Gasteiger partial charge in [0.15, 0.2) is 0 Å². The molecule has 1 heterocycles. The number of carbonyl (C=O) groups is 1. The summed E-state index contributed by atoms with van der Waals surface area (Å²) in [6, 6.07) is 13.3. The van der Waals surface area contributed by atoms with Gasteiger partial charge in [0, 0.05) is 10.9 Å². The molecule has 2 N–H and O–H groups in total. The van der Waals surface area contributed by atoms with Crippen LogP contribution in [0.3, 0.4) is 0 Å². The second-order valence-electron chi connectivity index (χ2n) is 6.96. The fourth-order valence-electron chi connectivity index (χ4n) is 2.94. The van der Waals surface area contributed by atoms with Gasteiger partial charge in [-0.1, -0.05) is 43.7 Å². The van der Waals surface area contributed by atoms with Gasteiger partial charge in [-0.05, 0) is 55.2 Å². The number of nitrogens with one attached hydrogen (secondary N) is 2. The summed E-state index contributed by atoms with van der Waals surface area (Å²) in [6.07, 6.45) is 5.81. The Hall–Kier alpha value is -1.65. The monoisotopic (exact) mass is 356 g/mol. The van der Waals surface area contributed by atoms with Gasteiger partial charge in [-0.15, -0.1) is 11.3 Å². The Morgan fingerprint density at radius 3 is 2.60 bits per heavy atom. The summed E-state index contributed by atoms with van der Waals surface area (Å²) in [4.78, 5) is 13.6. The van der Waals surface area contributed by atoms with Crippen LogP contribution in [0.4, 0.5) is 0 Å². The molecule has 1 amide bonds. The van der Waals surface area contributed by atoms with Crippen molar-refractivity contribution in [3.8, 4) is 0 Å². The molecule has 1 aliphatic carbocycles. The van der Waals surface area contributed by atoms with Crippen LogP contribution in [-0.2, 0) is 11.2 Å². The van der Waals surface area contributed by atoms with Gasteiger partial charge in [-0.25, -0.2) is 0 Å². The first-order valence-corrected chi connectivity index (χ1v) is 10.2. The first-order chi connectivity index (χ1) is 12.2. The second kappa shape index (κ2) is 8.63. The van der Waals surface area contributed by atoms with Crippen LogP contribution in [0.1, 0.15) is 61.6 Å². The molecule has 0 spiro atoms. The fraction of sp³-hybridized carbons (Fsp3) is 0.476. The second-order valence-corrected chi connectivity index (χ2v) is 7.94. The Morgan fingerprint density at radius 2 is 2.00 bits per heavy atom. The third kappa shape index (κ3) is 5.16. The molecular weight excluding hydrogens is 328 g/mol. The summed E-state index contributed by atoms with van der Waals surface area (Å²) in [7, 11) is 0. The molecule has 0 radical (unpaired) electrons. The molecule has 1 fully saturated rings. The maximum atomic E-state index is 12.3. The van der Waals surface area contributed by atoms with Gasteiger partial charge in [-0.3, -0.25) is 10.1 Å². The van der Waals surface area contributed by atoms with E-state index in [9.17, 15) is 4.79 Å². The highest BCUT2D eigenvalue weighted by Crippen LogP contribution is 2.27. The molecule has 0 bridgehead atoms. The molecule has 134 valence electrons. The van der Waals surface area contributed by atoms with E-state index >= 15 is 0 Å². The lowest BCUT2D eigenvalue weighted by atomic mass is 10.0. The number of unbranched alkanes of at least 4 members (excludes halogenated alkanes) is 1. The number of benzene rings is 1. The van der Waals surface area contributed by atoms with Crippen molar-refractivity contribution in [2.45, 2.75) is 64.1 Å². The number of aryl methyl sites for hydroxylation is 1. The normalized spacial score (nSPS) is 16.4. The summed E-state index contributed by atoms with van der Waals surface area (Å²) in [5.41, 5.74) is 2.60. The van der Waals surface area contributed by atoms with Gasteiger partial charge in [0.25, 0.3) is 0 Å². The zero-order chi connectivity index (χ0) is 17.6. The lowest BCUT2D eigenvalue weighted by Gasteiger charge is -2.23. The van der Waals surface area contributed by atoms with Gasteiger partial charge in [-0.2, -0.15) is 0 Å². The Morgan fingerprint density at radius 1 is 1.24 bits per heavy atom. The molecule has 1 aromatic carbocycles. The van der Waals surface area contributed by atoms with Crippen LogP contribution in [0.15, 0.2) is 41.8 Å². The zero-order valence-corrected chi connectivity index (χ0v) is 15.9. The molecule has 1 aromatic heterocycles. The van der Waals surface area contributed by atoms with Crippen molar-refractivity contribution in [1.82, 2.24) is 10.6 Å². The summed E-state index contributed by atoms with van der Waals surface area (Å²) in [6.45, 7) is 4.17. The first kappa shape index (κ1) is 18.2. The zero-order valence-electron chi connectivity index (χ0n) is 15.1. The molecule has 2 aromatic rings. The molecule has 25 heavy (non-hydrogen) atoms. The van der Waals surface area contributed by atoms with E-state index in [4.69, 9.17) is 0 Å². The molecule has 3 nitrogen and oxygen atoms in total. The predicted octanol–water partition coefficient (Wildman–Crippen LogP) is 4.44. The van der Waals surface area contributed by atoms with Gasteiger partial charge < -0.3 is 5.32 Å². The van der Waals surface area contributed by atoms with Crippen LogP contribution in [0, 0.1) is 0 Å². The fourth-order valence-corrected chi connectivity index (χ4v) is 3.75. The van der Waals surface area contributed by atoms with Crippen LogP contribution in [0.5, 0.6) is 0 Å². The molecule has 0 aliphatic heterocycles. The molecule has 2 atom stereocenters. The van der Waals surface area contributed by atoms with Crippen molar-refractivity contribution in [2.24, 2.45) is 0 Å². The minimum Gasteiger partial charge on any atom is -0.352 e. The number of hydrogen-bond acceptors (Lipinski definition) is 3. The van der Waals surface area contributed by atoms with Gasteiger partial charge in [0.1, 0.15) is 0 Å². The van der Waals surface area contributed by atoms with E-state index in [1.165, 1.54) is 28.8 Å². The van der Waals surface area contributed by atoms with Crippen LogP contribution >= 0.6 is 11.3 Å². The van der Waals surface area contributed by atoms with E-state index in [1.807, 2.05) is 6.92 Å². The highest BCUT2D eigenvalue weighted by Gasteiger charge is 2.27. The summed E-state index contributed by atoms with van der Waals surface area (Å²) < 4.78 is 0. The number of carbonyl (C=O) groups excluding carboxylic acids is 1. The van der Waals surface area contributed by atoms with Crippen molar-refractivity contribution in [1.29, 1.82) is 0 Å². The maximum Gasteiger partial charge on any atom is 0.237 e. The van der Waals surface area contributed by atoms with Crippen molar-refractivity contribution >= 4 is 17.2 Å². The van der Waals surface area contributed by atoms with Crippen LogP contribution < -0.4 is 10.6 Å². The topological polar surface area (TPSA) is 41.1 Å². The summed E-state index contributed by atoms with van der Waals surface area (Å²) >= 11 is 1.73. The molecule has 4 heteroatoms. The molecule has 0 saturated heterocycles. The standard InChI is InChI=1S/C21H28N2OS/c1-3-4-6-16-8-10-17(11-9-16)20(19-7-5-14-25-19)22-15(2)21(24)23-18-12-13-18/h5,7-11,14-15,18,20,22H,3-4,6,12-13H2,1-2H3,(H,23,24)/t15-,20+/m0/s1. The summed E-state index contributed by atoms with van der Waals surface area (Å²) in [5.74, 6) is 0.101. The highest BCUT2D eigenvalue weighted by atomic mass is 32.1. The van der Waals surface area contributed by atoms with Crippen LogP contribution in [-0.4, -0.2) is 18.0 Å². The third-order valence-electron chi connectivity index (χ3n) is 4.69.